The second kappa shape index (κ2) is 7.05. The second-order valence-corrected chi connectivity index (χ2v) is 5.14. The number of rotatable bonds is 5. The van der Waals surface area contributed by atoms with Crippen LogP contribution in [0.4, 0.5) is 11.4 Å². The van der Waals surface area contributed by atoms with Crippen LogP contribution in [-0.2, 0) is 9.59 Å². The number of nitrogens with one attached hydrogen (secondary N) is 2. The largest absolute Gasteiger partial charge is 0.326 e. The molecule has 0 bridgehead atoms. The van der Waals surface area contributed by atoms with Crippen molar-refractivity contribution in [3.8, 4) is 0 Å². The second-order valence-electron chi connectivity index (χ2n) is 5.14. The van der Waals surface area contributed by atoms with Crippen molar-refractivity contribution < 1.29 is 9.59 Å². The Labute approximate surface area is 119 Å². The summed E-state index contributed by atoms with van der Waals surface area (Å²) < 4.78 is 0. The molecule has 0 fully saturated rings. The van der Waals surface area contributed by atoms with Gasteiger partial charge < -0.3 is 16.4 Å². The lowest BCUT2D eigenvalue weighted by Crippen LogP contribution is -2.39. The molecule has 0 aliphatic rings. The van der Waals surface area contributed by atoms with Crippen LogP contribution in [0.25, 0.3) is 0 Å². The van der Waals surface area contributed by atoms with Gasteiger partial charge in [-0.25, -0.2) is 0 Å². The maximum Gasteiger partial charge on any atom is 0.241 e. The molecule has 1 aromatic rings. The lowest BCUT2D eigenvalue weighted by molar-refractivity contribution is -0.118. The van der Waals surface area contributed by atoms with Crippen molar-refractivity contribution in [1.82, 2.24) is 0 Å². The van der Waals surface area contributed by atoms with Gasteiger partial charge in [-0.2, -0.15) is 0 Å². The molecule has 20 heavy (non-hydrogen) atoms. The van der Waals surface area contributed by atoms with Gasteiger partial charge in [0.15, 0.2) is 0 Å². The van der Waals surface area contributed by atoms with E-state index in [2.05, 4.69) is 10.6 Å². The number of hydrogen-bond donors (Lipinski definition) is 3. The van der Waals surface area contributed by atoms with Crippen LogP contribution in [0, 0.1) is 12.8 Å². The topological polar surface area (TPSA) is 84.2 Å². The molecule has 0 saturated heterocycles. The molecule has 0 heterocycles. The molecule has 1 atom stereocenters. The first-order chi connectivity index (χ1) is 9.36. The van der Waals surface area contributed by atoms with Crippen LogP contribution in [0.3, 0.4) is 0 Å². The Morgan fingerprint density at radius 1 is 1.20 bits per heavy atom. The summed E-state index contributed by atoms with van der Waals surface area (Å²) >= 11 is 0. The van der Waals surface area contributed by atoms with Crippen LogP contribution in [0.15, 0.2) is 18.2 Å². The van der Waals surface area contributed by atoms with Crippen LogP contribution in [0.1, 0.15) is 32.8 Å². The first-order valence-corrected chi connectivity index (χ1v) is 6.82. The molecule has 4 N–H and O–H groups in total. The standard InChI is InChI=1S/C15H23N3O2/c1-5-13(19)17-11-7-6-8-12(10(11)4)18-15(20)14(16)9(2)3/h6-9,14H,5,16H2,1-4H3,(H,17,19)(H,18,20)/t14-/m1/s1. The highest BCUT2D eigenvalue weighted by Crippen LogP contribution is 2.23. The highest BCUT2D eigenvalue weighted by molar-refractivity contribution is 5.97. The number of benzene rings is 1. The van der Waals surface area contributed by atoms with Gasteiger partial charge in [-0.1, -0.05) is 26.8 Å². The molecule has 0 aliphatic carbocycles. The lowest BCUT2D eigenvalue weighted by Gasteiger charge is -2.18. The van der Waals surface area contributed by atoms with E-state index in [9.17, 15) is 9.59 Å². The minimum atomic E-state index is -0.553. The van der Waals surface area contributed by atoms with Crippen LogP contribution >= 0.6 is 0 Å². The predicted molar refractivity (Wildman–Crippen MR) is 81.5 cm³/mol. The van der Waals surface area contributed by atoms with Crippen LogP contribution in [0.2, 0.25) is 0 Å². The van der Waals surface area contributed by atoms with Gasteiger partial charge in [-0.15, -0.1) is 0 Å². The average molecular weight is 277 g/mol. The zero-order valence-electron chi connectivity index (χ0n) is 12.5. The molecule has 110 valence electrons. The van der Waals surface area contributed by atoms with Gasteiger partial charge in [-0.05, 0) is 30.5 Å². The van der Waals surface area contributed by atoms with Gasteiger partial charge in [0.2, 0.25) is 11.8 Å². The fraction of sp³-hybridized carbons (Fsp3) is 0.467. The molecule has 0 saturated carbocycles. The SMILES string of the molecule is CCC(=O)Nc1cccc(NC(=O)[C@H](N)C(C)C)c1C. The van der Waals surface area contributed by atoms with Gasteiger partial charge in [-0.3, -0.25) is 9.59 Å². The fourth-order valence-corrected chi connectivity index (χ4v) is 1.66. The van der Waals surface area contributed by atoms with Crippen molar-refractivity contribution in [2.45, 2.75) is 40.2 Å². The Bertz CT molecular complexity index is 498. The van der Waals surface area contributed by atoms with Crippen molar-refractivity contribution in [2.75, 3.05) is 10.6 Å². The number of hydrogen-bond acceptors (Lipinski definition) is 3. The summed E-state index contributed by atoms with van der Waals surface area (Å²) in [5, 5.41) is 5.61. The van der Waals surface area contributed by atoms with Crippen molar-refractivity contribution >= 4 is 23.2 Å². The van der Waals surface area contributed by atoms with Crippen LogP contribution in [0.5, 0.6) is 0 Å². The van der Waals surface area contributed by atoms with Crippen LogP contribution < -0.4 is 16.4 Å². The monoisotopic (exact) mass is 277 g/mol. The van der Waals surface area contributed by atoms with Gasteiger partial charge in [0, 0.05) is 17.8 Å². The summed E-state index contributed by atoms with van der Waals surface area (Å²) in [6.45, 7) is 7.43. The Morgan fingerprint density at radius 2 is 1.75 bits per heavy atom. The molecule has 0 radical (unpaired) electrons. The third kappa shape index (κ3) is 4.06. The number of anilines is 2. The predicted octanol–water partition coefficient (Wildman–Crippen LogP) is 2.27. The summed E-state index contributed by atoms with van der Waals surface area (Å²) in [6.07, 6.45) is 0.411. The van der Waals surface area contributed by atoms with Gasteiger partial charge >= 0.3 is 0 Å². The Morgan fingerprint density at radius 3 is 2.25 bits per heavy atom. The van der Waals surface area contributed by atoms with E-state index in [1.807, 2.05) is 20.8 Å². The normalized spacial score (nSPS) is 12.1. The van der Waals surface area contributed by atoms with Crippen molar-refractivity contribution in [3.63, 3.8) is 0 Å². The molecule has 0 aromatic heterocycles. The Kier molecular flexibility index (Phi) is 5.70. The van der Waals surface area contributed by atoms with Gasteiger partial charge in [0.05, 0.1) is 6.04 Å². The summed E-state index contributed by atoms with van der Waals surface area (Å²) in [7, 11) is 0. The third-order valence-electron chi connectivity index (χ3n) is 3.21. The van der Waals surface area contributed by atoms with Crippen LogP contribution in [-0.4, -0.2) is 17.9 Å². The van der Waals surface area contributed by atoms with Crippen molar-refractivity contribution in [1.29, 1.82) is 0 Å². The molecule has 2 amide bonds. The molecular formula is C15H23N3O2. The zero-order chi connectivity index (χ0) is 15.3. The molecule has 5 nitrogen and oxygen atoms in total. The van der Waals surface area contributed by atoms with Crippen molar-refractivity contribution in [2.24, 2.45) is 11.7 Å². The van der Waals surface area contributed by atoms with E-state index >= 15 is 0 Å². The highest BCUT2D eigenvalue weighted by atomic mass is 16.2. The molecule has 1 rings (SSSR count). The van der Waals surface area contributed by atoms with E-state index in [0.717, 1.165) is 5.56 Å². The summed E-state index contributed by atoms with van der Waals surface area (Å²) in [4.78, 5) is 23.4. The summed E-state index contributed by atoms with van der Waals surface area (Å²) in [6, 6.07) is 4.83. The summed E-state index contributed by atoms with van der Waals surface area (Å²) in [5.74, 6) is -0.212. The molecule has 5 heteroatoms. The number of nitrogens with two attached hydrogens (primary N) is 1. The zero-order valence-corrected chi connectivity index (χ0v) is 12.5. The maximum absolute atomic E-state index is 12.0. The van der Waals surface area contributed by atoms with E-state index in [-0.39, 0.29) is 17.7 Å². The molecule has 0 aliphatic heterocycles. The van der Waals surface area contributed by atoms with Crippen molar-refractivity contribution in [3.05, 3.63) is 23.8 Å². The molecule has 0 spiro atoms. The first kappa shape index (κ1) is 16.2. The van der Waals surface area contributed by atoms with Gasteiger partial charge in [0.25, 0.3) is 0 Å². The minimum Gasteiger partial charge on any atom is -0.326 e. The Hall–Kier alpha value is -1.88. The fourth-order valence-electron chi connectivity index (χ4n) is 1.66. The van der Waals surface area contributed by atoms with E-state index in [1.165, 1.54) is 0 Å². The molecular weight excluding hydrogens is 254 g/mol. The lowest BCUT2D eigenvalue weighted by atomic mass is 10.0. The minimum absolute atomic E-state index is 0.0598. The molecule has 0 unspecified atom stereocenters. The summed E-state index contributed by atoms with van der Waals surface area (Å²) in [5.41, 5.74) is 8.00. The smallest absolute Gasteiger partial charge is 0.241 e. The van der Waals surface area contributed by atoms with E-state index in [1.54, 1.807) is 25.1 Å². The number of carbonyl (C=O) groups is 2. The number of carbonyl (C=O) groups excluding carboxylic acids is 2. The third-order valence-corrected chi connectivity index (χ3v) is 3.21. The van der Waals surface area contributed by atoms with E-state index in [0.29, 0.717) is 17.8 Å². The quantitative estimate of drug-likeness (QED) is 0.772. The first-order valence-electron chi connectivity index (χ1n) is 6.82. The maximum atomic E-state index is 12.0. The number of amides is 2. The van der Waals surface area contributed by atoms with Gasteiger partial charge in [0.1, 0.15) is 0 Å². The average Bonchev–Trinajstić information content (AvgIpc) is 2.41. The molecule has 1 aromatic carbocycles. The van der Waals surface area contributed by atoms with E-state index in [4.69, 9.17) is 5.73 Å². The van der Waals surface area contributed by atoms with E-state index < -0.39 is 6.04 Å². The Balaban J connectivity index is 2.89. The highest BCUT2D eigenvalue weighted by Gasteiger charge is 2.18.